The molecule has 0 spiro atoms. The molecule has 1 aliphatic carbocycles. The lowest BCUT2D eigenvalue weighted by Gasteiger charge is -2.41. The lowest BCUT2D eigenvalue weighted by atomic mass is 9.74. The number of amides is 1. The zero-order valence-corrected chi connectivity index (χ0v) is 15.9. The predicted molar refractivity (Wildman–Crippen MR) is 99.4 cm³/mol. The molecule has 2 aromatic rings. The molecule has 1 amide bonds. The van der Waals surface area contributed by atoms with Gasteiger partial charge >= 0.3 is 0 Å². The van der Waals surface area contributed by atoms with Gasteiger partial charge in [0.2, 0.25) is 5.91 Å². The summed E-state index contributed by atoms with van der Waals surface area (Å²) in [7, 11) is 0. The van der Waals surface area contributed by atoms with Gasteiger partial charge in [-0.25, -0.2) is 4.39 Å². The van der Waals surface area contributed by atoms with Crippen molar-refractivity contribution >= 4 is 5.91 Å². The molecular weight excluding hydrogens is 345 g/mol. The van der Waals surface area contributed by atoms with Gasteiger partial charge < -0.3 is 9.42 Å². The highest BCUT2D eigenvalue weighted by atomic mass is 19.1. The van der Waals surface area contributed by atoms with Gasteiger partial charge in [-0.1, -0.05) is 31.8 Å². The van der Waals surface area contributed by atoms with Gasteiger partial charge in [0.25, 0.3) is 5.89 Å². The molecule has 1 aromatic carbocycles. The van der Waals surface area contributed by atoms with Crippen molar-refractivity contribution in [3.8, 4) is 11.5 Å². The maximum absolute atomic E-state index is 13.2. The molecule has 2 heterocycles. The second-order valence-corrected chi connectivity index (χ2v) is 8.38. The van der Waals surface area contributed by atoms with Crippen LogP contribution in [-0.4, -0.2) is 34.0 Å². The molecule has 1 unspecified atom stereocenters. The molecule has 27 heavy (non-hydrogen) atoms. The number of likely N-dealkylation sites (tertiary alicyclic amines) is 1. The first-order valence-electron chi connectivity index (χ1n) is 9.86. The Morgan fingerprint density at radius 2 is 2.07 bits per heavy atom. The average Bonchev–Trinajstić information content (AvgIpc) is 3.32. The molecule has 1 saturated carbocycles. The van der Waals surface area contributed by atoms with E-state index in [1.54, 1.807) is 12.1 Å². The van der Waals surface area contributed by atoms with Gasteiger partial charge in [-0.2, -0.15) is 4.98 Å². The molecule has 2 aliphatic rings. The molecule has 1 atom stereocenters. The van der Waals surface area contributed by atoms with Crippen LogP contribution in [0.2, 0.25) is 0 Å². The van der Waals surface area contributed by atoms with E-state index in [0.717, 1.165) is 25.8 Å². The van der Waals surface area contributed by atoms with Crippen LogP contribution in [0.1, 0.15) is 51.8 Å². The number of hydrogen-bond acceptors (Lipinski definition) is 4. The van der Waals surface area contributed by atoms with Gasteiger partial charge in [0.15, 0.2) is 5.82 Å². The number of aromatic nitrogens is 2. The highest BCUT2D eigenvalue weighted by Gasteiger charge is 2.46. The fraction of sp³-hybridized carbons (Fsp3) is 0.571. The van der Waals surface area contributed by atoms with Crippen LogP contribution < -0.4 is 0 Å². The minimum Gasteiger partial charge on any atom is -0.341 e. The number of hydrogen-bond donors (Lipinski definition) is 0. The maximum atomic E-state index is 13.2. The Morgan fingerprint density at radius 3 is 2.74 bits per heavy atom. The quantitative estimate of drug-likeness (QED) is 0.791. The largest absolute Gasteiger partial charge is 0.341 e. The van der Waals surface area contributed by atoms with Gasteiger partial charge in [0, 0.05) is 24.6 Å². The van der Waals surface area contributed by atoms with Crippen LogP contribution in [0.5, 0.6) is 0 Å². The summed E-state index contributed by atoms with van der Waals surface area (Å²) in [5.41, 5.74) is 0.466. The van der Waals surface area contributed by atoms with Crippen molar-refractivity contribution < 1.29 is 13.7 Å². The second-order valence-electron chi connectivity index (χ2n) is 8.38. The number of nitrogens with zero attached hydrogens (tertiary/aromatic N) is 3. The summed E-state index contributed by atoms with van der Waals surface area (Å²) in [4.78, 5) is 19.3. The molecule has 4 rings (SSSR count). The molecule has 144 valence electrons. The Morgan fingerprint density at radius 1 is 1.33 bits per heavy atom. The van der Waals surface area contributed by atoms with E-state index < -0.39 is 0 Å². The molecule has 0 radical (unpaired) electrons. The van der Waals surface area contributed by atoms with Gasteiger partial charge in [-0.3, -0.25) is 4.79 Å². The van der Waals surface area contributed by atoms with Crippen molar-refractivity contribution in [1.82, 2.24) is 15.0 Å². The predicted octanol–water partition coefficient (Wildman–Crippen LogP) is 4.19. The first-order valence-corrected chi connectivity index (χ1v) is 9.86. The lowest BCUT2D eigenvalue weighted by molar-refractivity contribution is -0.137. The third-order valence-corrected chi connectivity index (χ3v) is 5.75. The minimum absolute atomic E-state index is 0.0123. The number of carbonyl (C=O) groups excluding carboxylic acids is 1. The van der Waals surface area contributed by atoms with Crippen LogP contribution in [0.25, 0.3) is 11.5 Å². The fourth-order valence-corrected chi connectivity index (χ4v) is 4.15. The van der Waals surface area contributed by atoms with Gasteiger partial charge in [0.1, 0.15) is 5.82 Å². The molecule has 0 N–H and O–H groups in total. The van der Waals surface area contributed by atoms with E-state index in [2.05, 4.69) is 10.1 Å². The summed E-state index contributed by atoms with van der Waals surface area (Å²) in [6.07, 6.45) is 5.39. The van der Waals surface area contributed by atoms with E-state index in [9.17, 15) is 9.18 Å². The SMILES string of the molecule is CC(C)C(=O)N1CCCC(CC2CC2)(c2noc(-c3ccc(F)cc3)n2)C1. The maximum Gasteiger partial charge on any atom is 0.257 e. The van der Waals surface area contributed by atoms with E-state index in [0.29, 0.717) is 29.7 Å². The average molecular weight is 371 g/mol. The summed E-state index contributed by atoms with van der Waals surface area (Å²) in [5, 5.41) is 4.31. The summed E-state index contributed by atoms with van der Waals surface area (Å²) < 4.78 is 18.7. The summed E-state index contributed by atoms with van der Waals surface area (Å²) in [5.74, 6) is 1.67. The topological polar surface area (TPSA) is 59.2 Å². The normalized spacial score (nSPS) is 23.0. The molecule has 0 bridgehead atoms. The van der Waals surface area contributed by atoms with Crippen LogP contribution in [0.15, 0.2) is 28.8 Å². The van der Waals surface area contributed by atoms with E-state index in [4.69, 9.17) is 4.52 Å². The van der Waals surface area contributed by atoms with E-state index in [1.807, 2.05) is 18.7 Å². The molecule has 2 fully saturated rings. The Kier molecular flexibility index (Phi) is 4.74. The van der Waals surface area contributed by atoms with Crippen molar-refractivity contribution in [3.05, 3.63) is 35.9 Å². The zero-order chi connectivity index (χ0) is 19.0. The standard InChI is InChI=1S/C21H26FN3O2/c1-14(2)19(26)25-11-3-10-21(13-25,12-15-4-5-15)20-23-18(27-24-20)16-6-8-17(22)9-7-16/h6-9,14-15H,3-5,10-13H2,1-2H3. The smallest absolute Gasteiger partial charge is 0.257 e. The van der Waals surface area contributed by atoms with Crippen LogP contribution in [0.3, 0.4) is 0 Å². The first-order chi connectivity index (χ1) is 13.0. The van der Waals surface area contributed by atoms with E-state index >= 15 is 0 Å². The third kappa shape index (κ3) is 3.75. The van der Waals surface area contributed by atoms with Gasteiger partial charge in [0.05, 0.1) is 5.41 Å². The molecule has 1 aliphatic heterocycles. The lowest BCUT2D eigenvalue weighted by Crippen LogP contribution is -2.50. The number of benzene rings is 1. The first kappa shape index (κ1) is 18.1. The monoisotopic (exact) mass is 371 g/mol. The molecule has 5 nitrogen and oxygen atoms in total. The Hall–Kier alpha value is -2.24. The van der Waals surface area contributed by atoms with E-state index in [-0.39, 0.29) is 23.1 Å². The Labute approximate surface area is 158 Å². The summed E-state index contributed by atoms with van der Waals surface area (Å²) in [6.45, 7) is 5.34. The van der Waals surface area contributed by atoms with Crippen molar-refractivity contribution in [2.75, 3.05) is 13.1 Å². The van der Waals surface area contributed by atoms with Crippen LogP contribution in [0, 0.1) is 17.7 Å². The van der Waals surface area contributed by atoms with Crippen LogP contribution in [0.4, 0.5) is 4.39 Å². The Balaban J connectivity index is 1.64. The van der Waals surface area contributed by atoms with Gasteiger partial charge in [-0.05, 0) is 49.4 Å². The molecular formula is C21H26FN3O2. The summed E-state index contributed by atoms with van der Waals surface area (Å²) >= 11 is 0. The second kappa shape index (κ2) is 7.06. The van der Waals surface area contributed by atoms with Gasteiger partial charge in [-0.15, -0.1) is 0 Å². The van der Waals surface area contributed by atoms with Crippen LogP contribution >= 0.6 is 0 Å². The minimum atomic E-state index is -0.293. The molecule has 1 saturated heterocycles. The highest BCUT2D eigenvalue weighted by Crippen LogP contribution is 2.46. The van der Waals surface area contributed by atoms with Crippen LogP contribution in [-0.2, 0) is 10.2 Å². The fourth-order valence-electron chi connectivity index (χ4n) is 4.15. The van der Waals surface area contributed by atoms with Crippen molar-refractivity contribution in [2.45, 2.75) is 51.4 Å². The van der Waals surface area contributed by atoms with E-state index in [1.165, 1.54) is 25.0 Å². The number of halogens is 1. The third-order valence-electron chi connectivity index (χ3n) is 5.75. The number of piperidine rings is 1. The van der Waals surface area contributed by atoms with Crippen molar-refractivity contribution in [3.63, 3.8) is 0 Å². The Bertz CT molecular complexity index is 813. The zero-order valence-electron chi connectivity index (χ0n) is 15.9. The molecule has 6 heteroatoms. The molecule has 1 aromatic heterocycles. The summed E-state index contributed by atoms with van der Waals surface area (Å²) in [6, 6.07) is 6.08. The number of carbonyl (C=O) groups is 1. The number of rotatable bonds is 5. The highest BCUT2D eigenvalue weighted by molar-refractivity contribution is 5.78. The van der Waals surface area contributed by atoms with Crippen molar-refractivity contribution in [1.29, 1.82) is 0 Å². The van der Waals surface area contributed by atoms with Crippen molar-refractivity contribution in [2.24, 2.45) is 11.8 Å².